The minimum atomic E-state index is -4.66. The third-order valence-electron chi connectivity index (χ3n) is 1.14. The van der Waals surface area contributed by atoms with Crippen LogP contribution in [0.15, 0.2) is 15.9 Å². The van der Waals surface area contributed by atoms with Crippen molar-refractivity contribution in [3.05, 3.63) is 20.8 Å². The van der Waals surface area contributed by atoms with E-state index in [0.29, 0.717) is 4.47 Å². The molecule has 8 heteroatoms. The Morgan fingerprint density at radius 1 is 1.62 bits per heavy atom. The first kappa shape index (κ1) is 14.1. The van der Waals surface area contributed by atoms with Gasteiger partial charge in [-0.25, -0.2) is 8.42 Å². The van der Waals surface area contributed by atoms with Crippen LogP contribution in [0.25, 0.3) is 0 Å². The van der Waals surface area contributed by atoms with Crippen LogP contribution in [0.3, 0.4) is 0 Å². The van der Waals surface area contributed by atoms with Crippen molar-refractivity contribution < 1.29 is 47.6 Å². The summed E-state index contributed by atoms with van der Waals surface area (Å²) in [7, 11) is -4.66. The Kier molecular flexibility index (Phi) is 5.64. The van der Waals surface area contributed by atoms with Gasteiger partial charge in [0, 0.05) is 4.47 Å². The molecular weight excluding hydrogens is 291 g/mol. The van der Waals surface area contributed by atoms with Crippen LogP contribution in [0.1, 0.15) is 10.3 Å². The third kappa shape index (κ3) is 3.60. The molecule has 0 radical (unpaired) electrons. The van der Waals surface area contributed by atoms with E-state index in [9.17, 15) is 13.0 Å². The summed E-state index contributed by atoms with van der Waals surface area (Å²) < 4.78 is 31.5. The van der Waals surface area contributed by atoms with E-state index in [2.05, 4.69) is 15.9 Å². The van der Waals surface area contributed by atoms with Gasteiger partial charge in [-0.2, -0.15) is 0 Å². The molecule has 0 fully saturated rings. The van der Waals surface area contributed by atoms with Gasteiger partial charge < -0.3 is 9.66 Å². The summed E-state index contributed by atoms with van der Waals surface area (Å²) in [5.41, 5.74) is -1.97. The van der Waals surface area contributed by atoms with Gasteiger partial charge in [0.1, 0.15) is 10.1 Å². The zero-order valence-electron chi connectivity index (χ0n) is 6.60. The Morgan fingerprint density at radius 3 is 2.46 bits per heavy atom. The number of rotatable bonds is 2. The van der Waals surface area contributed by atoms with Crippen LogP contribution in [0.4, 0.5) is 0 Å². The second-order valence-electron chi connectivity index (χ2n) is 1.98. The first-order valence-corrected chi connectivity index (χ1v) is 5.93. The second kappa shape index (κ2) is 5.22. The zero-order chi connectivity index (χ0) is 9.35. The summed E-state index contributed by atoms with van der Waals surface area (Å²) in [4.78, 5) is 0.116. The van der Waals surface area contributed by atoms with Crippen LogP contribution in [-0.4, -0.2) is 18.1 Å². The summed E-state index contributed by atoms with van der Waals surface area (Å²) in [6, 6.07) is 1.56. The first-order valence-electron chi connectivity index (χ1n) is 2.78. The normalized spacial score (nSPS) is 13.5. The van der Waals surface area contributed by atoms with Crippen LogP contribution in [0.2, 0.25) is 0 Å². The molecule has 1 aromatic heterocycles. The molecule has 0 aliphatic rings. The van der Waals surface area contributed by atoms with Gasteiger partial charge in [0.15, 0.2) is 5.44 Å². The standard InChI is InChI=1S/C5H5BrO4S2.Na/c6-3-1-2-11-4(3)5(7)12(8,9)10;/h1-2,5,7H,(H,8,9,10);/q;+1/p-1. The van der Waals surface area contributed by atoms with Gasteiger partial charge in [0.2, 0.25) is 0 Å². The predicted molar refractivity (Wildman–Crippen MR) is 46.7 cm³/mol. The number of halogens is 1. The van der Waals surface area contributed by atoms with Crippen molar-refractivity contribution in [1.29, 1.82) is 0 Å². The number of thiophene rings is 1. The molecule has 68 valence electrons. The van der Waals surface area contributed by atoms with Gasteiger partial charge in [0.05, 0.1) is 4.88 Å². The van der Waals surface area contributed by atoms with Gasteiger partial charge in [0.25, 0.3) is 0 Å². The molecule has 1 aromatic rings. The molecule has 1 N–H and O–H groups in total. The molecule has 0 saturated carbocycles. The Balaban J connectivity index is 0.00000144. The van der Waals surface area contributed by atoms with Crippen LogP contribution in [0.5, 0.6) is 0 Å². The van der Waals surface area contributed by atoms with Crippen molar-refractivity contribution in [2.75, 3.05) is 0 Å². The van der Waals surface area contributed by atoms with E-state index in [1.807, 2.05) is 0 Å². The van der Waals surface area contributed by atoms with E-state index in [1.165, 1.54) is 0 Å². The van der Waals surface area contributed by atoms with Gasteiger partial charge in [-0.3, -0.25) is 0 Å². The molecule has 0 aliphatic heterocycles. The van der Waals surface area contributed by atoms with Crippen molar-refractivity contribution in [1.82, 2.24) is 0 Å². The molecule has 0 amide bonds. The molecule has 13 heavy (non-hydrogen) atoms. The molecule has 1 atom stereocenters. The maximum Gasteiger partial charge on any atom is 1.00 e. The average molecular weight is 295 g/mol. The van der Waals surface area contributed by atoms with Crippen LogP contribution >= 0.6 is 27.3 Å². The number of hydrogen-bond acceptors (Lipinski definition) is 5. The number of hydrogen-bond donors (Lipinski definition) is 1. The van der Waals surface area contributed by atoms with E-state index >= 15 is 0 Å². The summed E-state index contributed by atoms with van der Waals surface area (Å²) in [6.45, 7) is 0. The maximum absolute atomic E-state index is 10.4. The molecule has 1 heterocycles. The molecule has 0 aliphatic carbocycles. The minimum absolute atomic E-state index is 0. The third-order valence-corrected chi connectivity index (χ3v) is 4.00. The fourth-order valence-corrected chi connectivity index (χ4v) is 3.13. The van der Waals surface area contributed by atoms with Crippen molar-refractivity contribution in [2.45, 2.75) is 5.44 Å². The monoisotopic (exact) mass is 294 g/mol. The molecule has 1 rings (SSSR count). The Morgan fingerprint density at radius 2 is 2.15 bits per heavy atom. The smallest absolute Gasteiger partial charge is 0.746 e. The van der Waals surface area contributed by atoms with E-state index in [4.69, 9.17) is 5.11 Å². The van der Waals surface area contributed by atoms with E-state index in [1.54, 1.807) is 11.4 Å². The van der Waals surface area contributed by atoms with Crippen LogP contribution in [-0.2, 0) is 10.1 Å². The van der Waals surface area contributed by atoms with E-state index in [0.717, 1.165) is 11.3 Å². The summed E-state index contributed by atoms with van der Waals surface area (Å²) in [6.07, 6.45) is 0. The Hall–Kier alpha value is 1.05. The quantitative estimate of drug-likeness (QED) is 0.508. The molecule has 0 bridgehead atoms. The van der Waals surface area contributed by atoms with Gasteiger partial charge in [-0.15, -0.1) is 11.3 Å². The van der Waals surface area contributed by atoms with Crippen LogP contribution < -0.4 is 29.6 Å². The summed E-state index contributed by atoms with van der Waals surface area (Å²) >= 11 is 4.01. The first-order chi connectivity index (χ1) is 5.43. The topological polar surface area (TPSA) is 77.4 Å². The fraction of sp³-hybridized carbons (Fsp3) is 0.200. The molecular formula is C5H4BrNaO4S2. The van der Waals surface area contributed by atoms with Gasteiger partial charge >= 0.3 is 29.6 Å². The average Bonchev–Trinajstić information content (AvgIpc) is 2.31. The van der Waals surface area contributed by atoms with Crippen molar-refractivity contribution in [2.24, 2.45) is 0 Å². The van der Waals surface area contributed by atoms with Gasteiger partial charge in [-0.05, 0) is 27.4 Å². The zero-order valence-corrected chi connectivity index (χ0v) is 11.8. The maximum atomic E-state index is 10.4. The predicted octanol–water partition coefficient (Wildman–Crippen LogP) is -1.95. The Labute approximate surface area is 110 Å². The largest absolute Gasteiger partial charge is 1.00 e. The van der Waals surface area contributed by atoms with Crippen LogP contribution in [0, 0.1) is 0 Å². The summed E-state index contributed by atoms with van der Waals surface area (Å²) in [5.74, 6) is 0. The van der Waals surface area contributed by atoms with Crippen molar-refractivity contribution in [3.63, 3.8) is 0 Å². The molecule has 4 nitrogen and oxygen atoms in total. The number of aliphatic hydroxyl groups is 1. The Bertz CT molecular complexity index is 374. The minimum Gasteiger partial charge on any atom is -0.746 e. The molecule has 0 saturated heterocycles. The SMILES string of the molecule is O=S(=O)([O-])C(O)c1sccc1Br.[Na+]. The number of aliphatic hydroxyl groups excluding tert-OH is 1. The second-order valence-corrected chi connectivity index (χ2v) is 5.21. The molecule has 0 spiro atoms. The summed E-state index contributed by atoms with van der Waals surface area (Å²) in [5, 5.41) is 10.6. The van der Waals surface area contributed by atoms with E-state index in [-0.39, 0.29) is 34.4 Å². The molecule has 0 aromatic carbocycles. The van der Waals surface area contributed by atoms with Crippen molar-refractivity contribution >= 4 is 37.4 Å². The van der Waals surface area contributed by atoms with Crippen molar-refractivity contribution in [3.8, 4) is 0 Å². The van der Waals surface area contributed by atoms with E-state index < -0.39 is 15.6 Å². The molecule has 1 unspecified atom stereocenters. The van der Waals surface area contributed by atoms with Gasteiger partial charge in [-0.1, -0.05) is 0 Å². The fourth-order valence-electron chi connectivity index (χ4n) is 0.613.